The lowest BCUT2D eigenvalue weighted by Gasteiger charge is -2.21. The van der Waals surface area contributed by atoms with Crippen LogP contribution in [0.5, 0.6) is 0 Å². The summed E-state index contributed by atoms with van der Waals surface area (Å²) in [5.41, 5.74) is 0.682. The minimum Gasteiger partial charge on any atom is -0.271 e. The number of rotatable bonds is 3. The van der Waals surface area contributed by atoms with E-state index in [1.165, 1.54) is 42.7 Å². The number of aromatic nitrogens is 1. The molecule has 120 valence electrons. The highest BCUT2D eigenvalue weighted by Gasteiger charge is 2.28. The molecule has 0 aliphatic carbocycles. The SMILES string of the molecule is O=C1CSC(c2cccc([N+](=O)[O-])c2)=NN1C(=O)c1ccncc1. The number of imide groups is 1. The van der Waals surface area contributed by atoms with Gasteiger partial charge in [0.05, 0.1) is 10.7 Å². The zero-order valence-corrected chi connectivity index (χ0v) is 13.0. The fourth-order valence-corrected chi connectivity index (χ4v) is 2.85. The molecule has 0 bridgehead atoms. The summed E-state index contributed by atoms with van der Waals surface area (Å²) < 4.78 is 0. The number of nitro benzene ring substituents is 1. The van der Waals surface area contributed by atoms with Crippen LogP contribution in [-0.4, -0.2) is 37.5 Å². The van der Waals surface area contributed by atoms with Crippen LogP contribution >= 0.6 is 11.8 Å². The van der Waals surface area contributed by atoms with Gasteiger partial charge >= 0.3 is 0 Å². The number of carbonyl (C=O) groups excluding carboxylic acids is 2. The van der Waals surface area contributed by atoms with Crippen LogP contribution in [0.3, 0.4) is 0 Å². The van der Waals surface area contributed by atoms with E-state index in [1.54, 1.807) is 6.07 Å². The second-order valence-corrected chi connectivity index (χ2v) is 5.71. The second-order valence-electron chi connectivity index (χ2n) is 4.75. The minimum atomic E-state index is -0.564. The number of non-ortho nitro benzene ring substituents is 1. The number of amides is 2. The van der Waals surface area contributed by atoms with E-state index in [9.17, 15) is 19.7 Å². The third-order valence-electron chi connectivity index (χ3n) is 3.18. The Bertz CT molecular complexity index is 854. The van der Waals surface area contributed by atoms with Crippen molar-refractivity contribution in [2.45, 2.75) is 0 Å². The Kier molecular flexibility index (Phi) is 4.34. The molecular weight excluding hydrogens is 332 g/mol. The first-order valence-electron chi connectivity index (χ1n) is 6.80. The predicted molar refractivity (Wildman–Crippen MR) is 87.5 cm³/mol. The fraction of sp³-hybridized carbons (Fsp3) is 0.0667. The molecule has 0 saturated carbocycles. The molecule has 0 saturated heterocycles. The molecule has 1 aliphatic rings. The highest BCUT2D eigenvalue weighted by molar-refractivity contribution is 8.15. The normalized spacial score (nSPS) is 14.2. The molecule has 0 spiro atoms. The average molecular weight is 342 g/mol. The number of carbonyl (C=O) groups is 2. The molecular formula is C15H10N4O4S. The van der Waals surface area contributed by atoms with Crippen molar-refractivity contribution in [3.8, 4) is 0 Å². The summed E-state index contributed by atoms with van der Waals surface area (Å²) in [6.45, 7) is 0. The maximum atomic E-state index is 12.4. The fourth-order valence-electron chi connectivity index (χ4n) is 2.04. The lowest BCUT2D eigenvalue weighted by Crippen LogP contribution is -2.37. The number of nitrogens with zero attached hydrogens (tertiary/aromatic N) is 4. The zero-order chi connectivity index (χ0) is 17.1. The first-order chi connectivity index (χ1) is 11.6. The molecule has 3 rings (SSSR count). The van der Waals surface area contributed by atoms with Gasteiger partial charge < -0.3 is 0 Å². The van der Waals surface area contributed by atoms with Gasteiger partial charge in [-0.25, -0.2) is 0 Å². The van der Waals surface area contributed by atoms with E-state index in [0.29, 0.717) is 10.6 Å². The van der Waals surface area contributed by atoms with Crippen LogP contribution in [-0.2, 0) is 4.79 Å². The highest BCUT2D eigenvalue weighted by Crippen LogP contribution is 2.24. The Morgan fingerprint density at radius 3 is 2.71 bits per heavy atom. The molecule has 1 aromatic carbocycles. The van der Waals surface area contributed by atoms with Gasteiger partial charge in [0.25, 0.3) is 17.5 Å². The molecule has 2 aromatic rings. The van der Waals surface area contributed by atoms with Gasteiger partial charge in [0.15, 0.2) is 0 Å². The van der Waals surface area contributed by atoms with Crippen molar-refractivity contribution in [2.75, 3.05) is 5.75 Å². The Morgan fingerprint density at radius 2 is 2.00 bits per heavy atom. The van der Waals surface area contributed by atoms with Crippen LogP contribution in [0.15, 0.2) is 53.9 Å². The monoisotopic (exact) mass is 342 g/mol. The summed E-state index contributed by atoms with van der Waals surface area (Å²) in [6, 6.07) is 8.87. The topological polar surface area (TPSA) is 106 Å². The van der Waals surface area contributed by atoms with Crippen molar-refractivity contribution in [2.24, 2.45) is 5.10 Å². The van der Waals surface area contributed by atoms with E-state index in [0.717, 1.165) is 16.8 Å². The molecule has 2 amide bonds. The lowest BCUT2D eigenvalue weighted by molar-refractivity contribution is -0.384. The lowest BCUT2D eigenvalue weighted by atomic mass is 10.2. The van der Waals surface area contributed by atoms with Crippen molar-refractivity contribution >= 4 is 34.3 Å². The summed E-state index contributed by atoms with van der Waals surface area (Å²) in [6.07, 6.45) is 2.89. The maximum Gasteiger partial charge on any atom is 0.281 e. The van der Waals surface area contributed by atoms with Crippen LogP contribution in [0.4, 0.5) is 5.69 Å². The first kappa shape index (κ1) is 15.8. The van der Waals surface area contributed by atoms with E-state index >= 15 is 0 Å². The Morgan fingerprint density at radius 1 is 1.25 bits per heavy atom. The van der Waals surface area contributed by atoms with E-state index in [1.807, 2.05) is 0 Å². The summed E-state index contributed by atoms with van der Waals surface area (Å²) in [5, 5.41) is 16.1. The second kappa shape index (κ2) is 6.59. The van der Waals surface area contributed by atoms with E-state index < -0.39 is 16.7 Å². The third kappa shape index (κ3) is 3.15. The maximum absolute atomic E-state index is 12.4. The molecule has 0 fully saturated rings. The van der Waals surface area contributed by atoms with Gasteiger partial charge in [-0.2, -0.15) is 10.1 Å². The predicted octanol–water partition coefficient (Wildman–Crippen LogP) is 2.07. The van der Waals surface area contributed by atoms with E-state index in [-0.39, 0.29) is 17.0 Å². The van der Waals surface area contributed by atoms with Crippen LogP contribution in [0.1, 0.15) is 15.9 Å². The number of hydrogen-bond donors (Lipinski definition) is 0. The highest BCUT2D eigenvalue weighted by atomic mass is 32.2. The van der Waals surface area contributed by atoms with Crippen LogP contribution in [0, 0.1) is 10.1 Å². The van der Waals surface area contributed by atoms with Crippen molar-refractivity contribution in [3.63, 3.8) is 0 Å². The van der Waals surface area contributed by atoms with Gasteiger partial charge in [-0.15, -0.1) is 0 Å². The van der Waals surface area contributed by atoms with Crippen molar-refractivity contribution in [3.05, 3.63) is 70.0 Å². The molecule has 0 atom stereocenters. The van der Waals surface area contributed by atoms with Crippen molar-refractivity contribution < 1.29 is 14.5 Å². The first-order valence-corrected chi connectivity index (χ1v) is 7.78. The Balaban J connectivity index is 1.95. The molecule has 0 radical (unpaired) electrons. The summed E-state index contributed by atoms with van der Waals surface area (Å²) in [7, 11) is 0. The molecule has 2 heterocycles. The zero-order valence-electron chi connectivity index (χ0n) is 12.2. The van der Waals surface area contributed by atoms with Gasteiger partial charge in [0, 0.05) is 35.7 Å². The molecule has 0 N–H and O–H groups in total. The molecule has 24 heavy (non-hydrogen) atoms. The number of hydrazone groups is 1. The molecule has 1 aromatic heterocycles. The van der Waals surface area contributed by atoms with E-state index in [4.69, 9.17) is 0 Å². The van der Waals surface area contributed by atoms with Crippen LogP contribution in [0.2, 0.25) is 0 Å². The van der Waals surface area contributed by atoms with Gasteiger partial charge in [-0.1, -0.05) is 23.9 Å². The molecule has 1 aliphatic heterocycles. The minimum absolute atomic E-state index is 0.0261. The van der Waals surface area contributed by atoms with Crippen molar-refractivity contribution in [1.29, 1.82) is 0 Å². The summed E-state index contributed by atoms with van der Waals surface area (Å²) in [5.74, 6) is -0.986. The van der Waals surface area contributed by atoms with Crippen LogP contribution < -0.4 is 0 Å². The number of nitro groups is 1. The van der Waals surface area contributed by atoms with Gasteiger partial charge in [-0.3, -0.25) is 24.7 Å². The molecule has 8 nitrogen and oxygen atoms in total. The van der Waals surface area contributed by atoms with Crippen molar-refractivity contribution in [1.82, 2.24) is 9.99 Å². The number of benzene rings is 1. The number of pyridine rings is 1. The summed E-state index contributed by atoms with van der Waals surface area (Å²) >= 11 is 1.13. The standard InChI is InChI=1S/C15H10N4O4S/c20-13-9-24-14(11-2-1-3-12(8-11)19(22)23)17-18(13)15(21)10-4-6-16-7-5-10/h1-8H,9H2. The van der Waals surface area contributed by atoms with Crippen LogP contribution in [0.25, 0.3) is 0 Å². The van der Waals surface area contributed by atoms with Gasteiger partial charge in [-0.05, 0) is 12.1 Å². The Hall–Kier alpha value is -3.07. The smallest absolute Gasteiger partial charge is 0.271 e. The third-order valence-corrected chi connectivity index (χ3v) is 4.17. The number of hydrogen-bond acceptors (Lipinski definition) is 7. The molecule has 9 heteroatoms. The number of thioether (sulfide) groups is 1. The largest absolute Gasteiger partial charge is 0.281 e. The van der Waals surface area contributed by atoms with Gasteiger partial charge in [0.1, 0.15) is 5.04 Å². The quantitative estimate of drug-likeness (QED) is 0.480. The average Bonchev–Trinajstić information content (AvgIpc) is 2.62. The van der Waals surface area contributed by atoms with Gasteiger partial charge in [0.2, 0.25) is 0 Å². The Labute approximate surface area is 140 Å². The van der Waals surface area contributed by atoms with E-state index in [2.05, 4.69) is 10.1 Å². The molecule has 0 unspecified atom stereocenters. The summed E-state index contributed by atoms with van der Waals surface area (Å²) in [4.78, 5) is 38.6.